The summed E-state index contributed by atoms with van der Waals surface area (Å²) in [6, 6.07) is 8.66. The lowest BCUT2D eigenvalue weighted by Crippen LogP contribution is -2.01. The van der Waals surface area contributed by atoms with Gasteiger partial charge in [0, 0.05) is 21.2 Å². The van der Waals surface area contributed by atoms with Crippen LogP contribution in [0.15, 0.2) is 30.3 Å². The maximum absolute atomic E-state index is 6.16. The van der Waals surface area contributed by atoms with Crippen LogP contribution in [0.25, 0.3) is 0 Å². The van der Waals surface area contributed by atoms with Crippen molar-refractivity contribution < 1.29 is 9.47 Å². The number of hydrogen-bond donors (Lipinski definition) is 0. The van der Waals surface area contributed by atoms with Crippen molar-refractivity contribution in [3.63, 3.8) is 0 Å². The van der Waals surface area contributed by atoms with Crippen LogP contribution in [0.1, 0.15) is 11.1 Å². The van der Waals surface area contributed by atoms with E-state index in [1.165, 1.54) is 0 Å². The molecule has 0 bridgehead atoms. The molecular formula is C15H12Cl4O2. The monoisotopic (exact) mass is 364 g/mol. The van der Waals surface area contributed by atoms with Gasteiger partial charge in [-0.3, -0.25) is 0 Å². The molecule has 0 saturated carbocycles. The molecule has 0 spiro atoms. The Hall–Kier alpha value is -0.800. The lowest BCUT2D eigenvalue weighted by atomic mass is 10.2. The molecule has 112 valence electrons. The highest BCUT2D eigenvalue weighted by atomic mass is 35.5. The van der Waals surface area contributed by atoms with Crippen LogP contribution in [0.2, 0.25) is 15.1 Å². The Morgan fingerprint density at radius 1 is 0.952 bits per heavy atom. The van der Waals surface area contributed by atoms with Crippen molar-refractivity contribution >= 4 is 46.4 Å². The fraction of sp³-hybridized carbons (Fsp3) is 0.200. The summed E-state index contributed by atoms with van der Waals surface area (Å²) in [6.45, 7) is 0.259. The third kappa shape index (κ3) is 4.10. The molecule has 0 heterocycles. The number of methoxy groups -OCH3 is 1. The maximum atomic E-state index is 6.16. The zero-order valence-electron chi connectivity index (χ0n) is 11.1. The first-order valence-corrected chi connectivity index (χ1v) is 7.71. The Bertz CT molecular complexity index is 644. The number of halogens is 4. The Morgan fingerprint density at radius 2 is 1.67 bits per heavy atom. The van der Waals surface area contributed by atoms with E-state index in [2.05, 4.69) is 0 Å². The van der Waals surface area contributed by atoms with Gasteiger partial charge in [-0.15, -0.1) is 11.6 Å². The van der Waals surface area contributed by atoms with Crippen LogP contribution in [-0.2, 0) is 12.5 Å². The Labute approximate surface area is 143 Å². The Kier molecular flexibility index (Phi) is 5.88. The van der Waals surface area contributed by atoms with E-state index in [0.29, 0.717) is 26.6 Å². The van der Waals surface area contributed by atoms with Crippen LogP contribution in [0.5, 0.6) is 11.5 Å². The van der Waals surface area contributed by atoms with E-state index in [1.807, 2.05) is 0 Å². The van der Waals surface area contributed by atoms with Gasteiger partial charge in [0.15, 0.2) is 0 Å². The van der Waals surface area contributed by atoms with Gasteiger partial charge in [-0.2, -0.15) is 0 Å². The first-order valence-electron chi connectivity index (χ1n) is 6.04. The number of ether oxygens (including phenoxy) is 2. The van der Waals surface area contributed by atoms with Gasteiger partial charge in [-0.05, 0) is 30.3 Å². The topological polar surface area (TPSA) is 18.5 Å². The van der Waals surface area contributed by atoms with Crippen molar-refractivity contribution in [2.24, 2.45) is 0 Å². The molecule has 0 aliphatic heterocycles. The van der Waals surface area contributed by atoms with E-state index in [1.54, 1.807) is 37.4 Å². The first-order chi connectivity index (χ1) is 10.0. The molecule has 0 aliphatic rings. The molecule has 0 N–H and O–H groups in total. The minimum atomic E-state index is 0.252. The van der Waals surface area contributed by atoms with E-state index in [4.69, 9.17) is 55.9 Å². The largest absolute Gasteiger partial charge is 0.496 e. The molecular weight excluding hydrogens is 354 g/mol. The summed E-state index contributed by atoms with van der Waals surface area (Å²) in [6.07, 6.45) is 0. The molecule has 0 fully saturated rings. The lowest BCUT2D eigenvalue weighted by Gasteiger charge is -2.14. The smallest absolute Gasteiger partial charge is 0.142 e. The second kappa shape index (κ2) is 7.46. The van der Waals surface area contributed by atoms with Crippen molar-refractivity contribution in [3.05, 3.63) is 56.5 Å². The standard InChI is InChI=1S/C15H12Cl4O2/c1-20-14-3-2-11(17)5-10(14)8-21-15-9(7-16)4-12(18)6-13(15)19/h2-6H,7-8H2,1H3. The molecule has 0 saturated heterocycles. The summed E-state index contributed by atoms with van der Waals surface area (Å²) in [7, 11) is 1.59. The molecule has 0 amide bonds. The third-order valence-corrected chi connectivity index (χ3v) is 3.87. The predicted molar refractivity (Wildman–Crippen MR) is 88.4 cm³/mol. The van der Waals surface area contributed by atoms with Crippen LogP contribution < -0.4 is 9.47 Å². The molecule has 0 atom stereocenters. The summed E-state index contributed by atoms with van der Waals surface area (Å²) in [5.41, 5.74) is 1.55. The summed E-state index contributed by atoms with van der Waals surface area (Å²) < 4.78 is 11.1. The third-order valence-electron chi connectivity index (χ3n) is 2.84. The molecule has 2 aromatic carbocycles. The first kappa shape index (κ1) is 16.6. The molecule has 0 radical (unpaired) electrons. The fourth-order valence-corrected chi connectivity index (χ4v) is 2.87. The van der Waals surface area contributed by atoms with Crippen molar-refractivity contribution in [1.29, 1.82) is 0 Å². The van der Waals surface area contributed by atoms with Crippen LogP contribution in [0.4, 0.5) is 0 Å². The normalized spacial score (nSPS) is 10.5. The highest BCUT2D eigenvalue weighted by Gasteiger charge is 2.12. The highest BCUT2D eigenvalue weighted by molar-refractivity contribution is 6.36. The van der Waals surface area contributed by atoms with Crippen molar-refractivity contribution in [1.82, 2.24) is 0 Å². The number of benzene rings is 2. The van der Waals surface area contributed by atoms with Crippen molar-refractivity contribution in [3.8, 4) is 11.5 Å². The zero-order chi connectivity index (χ0) is 15.4. The molecule has 2 nitrogen and oxygen atoms in total. The van der Waals surface area contributed by atoms with E-state index < -0.39 is 0 Å². The molecule has 6 heteroatoms. The summed E-state index contributed by atoms with van der Waals surface area (Å²) in [4.78, 5) is 0. The van der Waals surface area contributed by atoms with Crippen LogP contribution in [0, 0.1) is 0 Å². The number of hydrogen-bond acceptors (Lipinski definition) is 2. The second-order valence-electron chi connectivity index (χ2n) is 4.25. The number of rotatable bonds is 5. The summed E-state index contributed by atoms with van der Waals surface area (Å²) in [5, 5.41) is 1.54. The molecule has 2 rings (SSSR count). The average Bonchev–Trinajstić information content (AvgIpc) is 2.45. The quantitative estimate of drug-likeness (QED) is 0.607. The molecule has 0 unspecified atom stereocenters. The van der Waals surface area contributed by atoms with Gasteiger partial charge in [0.2, 0.25) is 0 Å². The minimum absolute atomic E-state index is 0.252. The predicted octanol–water partition coefficient (Wildman–Crippen LogP) is 5.97. The SMILES string of the molecule is COc1ccc(Cl)cc1COc1c(Cl)cc(Cl)cc1CCl. The average molecular weight is 366 g/mol. The number of alkyl halides is 1. The van der Waals surface area contributed by atoms with Crippen LogP contribution >= 0.6 is 46.4 Å². The fourth-order valence-electron chi connectivity index (χ4n) is 1.88. The second-order valence-corrected chi connectivity index (χ2v) is 5.80. The van der Waals surface area contributed by atoms with Crippen LogP contribution in [-0.4, -0.2) is 7.11 Å². The van der Waals surface area contributed by atoms with Crippen molar-refractivity contribution in [2.75, 3.05) is 7.11 Å². The lowest BCUT2D eigenvalue weighted by molar-refractivity contribution is 0.295. The van der Waals surface area contributed by atoms with Gasteiger partial charge < -0.3 is 9.47 Å². The van der Waals surface area contributed by atoms with Crippen molar-refractivity contribution in [2.45, 2.75) is 12.5 Å². The molecule has 21 heavy (non-hydrogen) atoms. The van der Waals surface area contributed by atoms with Gasteiger partial charge in [0.1, 0.15) is 18.1 Å². The Balaban J connectivity index is 2.26. The van der Waals surface area contributed by atoms with E-state index in [-0.39, 0.29) is 12.5 Å². The van der Waals surface area contributed by atoms with Gasteiger partial charge in [0.05, 0.1) is 18.0 Å². The Morgan fingerprint density at radius 3 is 2.33 bits per heavy atom. The van der Waals surface area contributed by atoms with Gasteiger partial charge >= 0.3 is 0 Å². The van der Waals surface area contributed by atoms with E-state index in [9.17, 15) is 0 Å². The molecule has 2 aromatic rings. The molecule has 0 aromatic heterocycles. The summed E-state index contributed by atoms with van der Waals surface area (Å²) in [5.74, 6) is 1.46. The summed E-state index contributed by atoms with van der Waals surface area (Å²) >= 11 is 24.0. The zero-order valence-corrected chi connectivity index (χ0v) is 14.2. The van der Waals surface area contributed by atoms with Crippen LogP contribution in [0.3, 0.4) is 0 Å². The van der Waals surface area contributed by atoms with Gasteiger partial charge in [-0.25, -0.2) is 0 Å². The maximum Gasteiger partial charge on any atom is 0.142 e. The van der Waals surface area contributed by atoms with E-state index in [0.717, 1.165) is 11.1 Å². The minimum Gasteiger partial charge on any atom is -0.496 e. The van der Waals surface area contributed by atoms with E-state index >= 15 is 0 Å². The van der Waals surface area contributed by atoms with Gasteiger partial charge in [0.25, 0.3) is 0 Å². The molecule has 0 aliphatic carbocycles. The highest BCUT2D eigenvalue weighted by Crippen LogP contribution is 2.34. The van der Waals surface area contributed by atoms with Gasteiger partial charge in [-0.1, -0.05) is 34.8 Å².